The lowest BCUT2D eigenvalue weighted by atomic mass is 10.3. The zero-order valence-electron chi connectivity index (χ0n) is 7.47. The third-order valence-electron chi connectivity index (χ3n) is 1.77. The van der Waals surface area contributed by atoms with Crippen molar-refractivity contribution < 1.29 is 0 Å². The van der Waals surface area contributed by atoms with Gasteiger partial charge in [-0.15, -0.1) is 11.3 Å². The van der Waals surface area contributed by atoms with Crippen molar-refractivity contribution in [2.45, 2.75) is 6.54 Å². The number of nitrogens with one attached hydrogen (secondary N) is 1. The van der Waals surface area contributed by atoms with Gasteiger partial charge in [0.2, 0.25) is 0 Å². The van der Waals surface area contributed by atoms with Gasteiger partial charge in [0.1, 0.15) is 5.84 Å². The Kier molecular flexibility index (Phi) is 2.32. The average Bonchev–Trinajstić information content (AvgIpc) is 2.69. The van der Waals surface area contributed by atoms with E-state index in [0.29, 0.717) is 6.54 Å². The second kappa shape index (κ2) is 3.63. The lowest BCUT2D eigenvalue weighted by Gasteiger charge is -1.96. The first-order chi connectivity index (χ1) is 6.75. The number of nitrogens with two attached hydrogens (primary N) is 1. The molecule has 0 radical (unpaired) electrons. The van der Waals surface area contributed by atoms with Gasteiger partial charge in [-0.25, -0.2) is 0 Å². The quantitative estimate of drug-likeness (QED) is 0.591. The second-order valence-corrected chi connectivity index (χ2v) is 3.88. The highest BCUT2D eigenvalue weighted by atomic mass is 32.1. The summed E-state index contributed by atoms with van der Waals surface area (Å²) >= 11 is 1.67. The molecule has 0 unspecified atom stereocenters. The largest absolute Gasteiger partial charge is 0.386 e. The van der Waals surface area contributed by atoms with E-state index >= 15 is 0 Å². The van der Waals surface area contributed by atoms with Gasteiger partial charge in [-0.05, 0) is 11.4 Å². The SMILES string of the molecule is N=C(N)Cn1cc(-c2cccs2)cn1. The van der Waals surface area contributed by atoms with Gasteiger partial charge in [0.25, 0.3) is 0 Å². The topological polar surface area (TPSA) is 67.7 Å². The minimum atomic E-state index is 0.117. The van der Waals surface area contributed by atoms with E-state index in [-0.39, 0.29) is 5.84 Å². The monoisotopic (exact) mass is 206 g/mol. The number of amidine groups is 1. The van der Waals surface area contributed by atoms with Crippen molar-refractivity contribution in [3.05, 3.63) is 29.9 Å². The Morgan fingerprint density at radius 1 is 1.64 bits per heavy atom. The van der Waals surface area contributed by atoms with Crippen LogP contribution in [0.5, 0.6) is 0 Å². The highest BCUT2D eigenvalue weighted by Crippen LogP contribution is 2.23. The summed E-state index contributed by atoms with van der Waals surface area (Å²) in [5, 5.41) is 13.3. The predicted octanol–water partition coefficient (Wildman–Crippen LogP) is 1.55. The minimum absolute atomic E-state index is 0.117. The van der Waals surface area contributed by atoms with Crippen LogP contribution < -0.4 is 5.73 Å². The van der Waals surface area contributed by atoms with Crippen LogP contribution in [0.4, 0.5) is 0 Å². The summed E-state index contributed by atoms with van der Waals surface area (Å²) < 4.78 is 1.66. The smallest absolute Gasteiger partial charge is 0.113 e. The molecule has 14 heavy (non-hydrogen) atoms. The molecule has 2 aromatic heterocycles. The molecule has 2 heterocycles. The van der Waals surface area contributed by atoms with E-state index in [4.69, 9.17) is 11.1 Å². The van der Waals surface area contributed by atoms with Crippen LogP contribution in [0.2, 0.25) is 0 Å². The Labute approximate surface area is 85.5 Å². The summed E-state index contributed by atoms with van der Waals surface area (Å²) in [5.74, 6) is 0.117. The zero-order valence-corrected chi connectivity index (χ0v) is 8.29. The minimum Gasteiger partial charge on any atom is -0.386 e. The summed E-state index contributed by atoms with van der Waals surface area (Å²) in [7, 11) is 0. The summed E-state index contributed by atoms with van der Waals surface area (Å²) in [5.41, 5.74) is 6.35. The van der Waals surface area contributed by atoms with Gasteiger partial charge in [0.05, 0.1) is 12.7 Å². The van der Waals surface area contributed by atoms with Gasteiger partial charge in [-0.1, -0.05) is 6.07 Å². The zero-order chi connectivity index (χ0) is 9.97. The first-order valence-electron chi connectivity index (χ1n) is 4.15. The van der Waals surface area contributed by atoms with Crippen molar-refractivity contribution in [3.8, 4) is 10.4 Å². The molecule has 0 bridgehead atoms. The Morgan fingerprint density at radius 3 is 3.14 bits per heavy atom. The molecule has 2 aromatic rings. The summed E-state index contributed by atoms with van der Waals surface area (Å²) in [4.78, 5) is 1.18. The first kappa shape index (κ1) is 8.96. The standard InChI is InChI=1S/C9H10N4S/c10-9(11)6-13-5-7(4-12-13)8-2-1-3-14-8/h1-5H,6H2,(H3,10,11). The Balaban J connectivity index is 2.22. The van der Waals surface area contributed by atoms with Gasteiger partial charge in [-0.3, -0.25) is 10.1 Å². The lowest BCUT2D eigenvalue weighted by Crippen LogP contribution is -2.17. The molecular formula is C9H10N4S. The molecule has 0 saturated heterocycles. The molecule has 2 rings (SSSR count). The van der Waals surface area contributed by atoms with Crippen LogP contribution in [-0.2, 0) is 6.54 Å². The molecule has 4 nitrogen and oxygen atoms in total. The molecule has 0 aliphatic heterocycles. The van der Waals surface area contributed by atoms with Gasteiger partial charge >= 0.3 is 0 Å². The number of hydrogen-bond donors (Lipinski definition) is 2. The fourth-order valence-corrected chi connectivity index (χ4v) is 1.90. The van der Waals surface area contributed by atoms with Gasteiger partial charge < -0.3 is 5.73 Å². The third-order valence-corrected chi connectivity index (χ3v) is 2.69. The van der Waals surface area contributed by atoms with Crippen LogP contribution in [0.15, 0.2) is 29.9 Å². The predicted molar refractivity (Wildman–Crippen MR) is 57.5 cm³/mol. The van der Waals surface area contributed by atoms with Crippen LogP contribution in [-0.4, -0.2) is 15.6 Å². The van der Waals surface area contributed by atoms with Crippen LogP contribution in [0, 0.1) is 5.41 Å². The van der Waals surface area contributed by atoms with Crippen molar-refractivity contribution in [2.75, 3.05) is 0 Å². The summed E-state index contributed by atoms with van der Waals surface area (Å²) in [6.07, 6.45) is 3.68. The van der Waals surface area contributed by atoms with E-state index in [1.807, 2.05) is 23.7 Å². The van der Waals surface area contributed by atoms with Crippen molar-refractivity contribution in [1.82, 2.24) is 9.78 Å². The lowest BCUT2D eigenvalue weighted by molar-refractivity contribution is 0.718. The molecule has 0 spiro atoms. The highest BCUT2D eigenvalue weighted by Gasteiger charge is 2.02. The summed E-state index contributed by atoms with van der Waals surface area (Å²) in [6.45, 7) is 0.353. The molecule has 0 fully saturated rings. The molecular weight excluding hydrogens is 196 g/mol. The van der Waals surface area contributed by atoms with Crippen molar-refractivity contribution >= 4 is 17.2 Å². The van der Waals surface area contributed by atoms with Crippen LogP contribution in [0.25, 0.3) is 10.4 Å². The fourth-order valence-electron chi connectivity index (χ4n) is 1.19. The molecule has 0 aliphatic rings. The van der Waals surface area contributed by atoms with Crippen molar-refractivity contribution in [2.24, 2.45) is 5.73 Å². The van der Waals surface area contributed by atoms with E-state index in [1.165, 1.54) is 4.88 Å². The molecule has 0 amide bonds. The fraction of sp³-hybridized carbons (Fsp3) is 0.111. The average molecular weight is 206 g/mol. The van der Waals surface area contributed by atoms with Gasteiger partial charge in [0.15, 0.2) is 0 Å². The molecule has 0 saturated carbocycles. The second-order valence-electron chi connectivity index (χ2n) is 2.93. The van der Waals surface area contributed by atoms with E-state index in [0.717, 1.165) is 5.56 Å². The molecule has 0 atom stereocenters. The third kappa shape index (κ3) is 1.82. The highest BCUT2D eigenvalue weighted by molar-refractivity contribution is 7.13. The molecule has 0 aromatic carbocycles. The molecule has 5 heteroatoms. The Bertz CT molecular complexity index is 429. The Hall–Kier alpha value is -1.62. The van der Waals surface area contributed by atoms with Crippen molar-refractivity contribution in [1.29, 1.82) is 5.41 Å². The maximum absolute atomic E-state index is 7.14. The number of rotatable bonds is 3. The number of nitrogens with zero attached hydrogens (tertiary/aromatic N) is 2. The number of aromatic nitrogens is 2. The van der Waals surface area contributed by atoms with E-state index in [9.17, 15) is 0 Å². The van der Waals surface area contributed by atoms with Gasteiger partial charge in [-0.2, -0.15) is 5.10 Å². The van der Waals surface area contributed by atoms with E-state index in [2.05, 4.69) is 5.10 Å². The molecule has 72 valence electrons. The van der Waals surface area contributed by atoms with E-state index < -0.39 is 0 Å². The van der Waals surface area contributed by atoms with Crippen LogP contribution in [0.1, 0.15) is 0 Å². The molecule has 0 aliphatic carbocycles. The molecule has 3 N–H and O–H groups in total. The van der Waals surface area contributed by atoms with Crippen molar-refractivity contribution in [3.63, 3.8) is 0 Å². The van der Waals surface area contributed by atoms with Gasteiger partial charge in [0, 0.05) is 16.6 Å². The van der Waals surface area contributed by atoms with Crippen LogP contribution >= 0.6 is 11.3 Å². The normalized spacial score (nSPS) is 10.3. The number of hydrogen-bond acceptors (Lipinski definition) is 3. The maximum atomic E-state index is 7.14. The maximum Gasteiger partial charge on any atom is 0.113 e. The first-order valence-corrected chi connectivity index (χ1v) is 5.03. The summed E-state index contributed by atoms with van der Waals surface area (Å²) in [6, 6.07) is 4.04. The van der Waals surface area contributed by atoms with Crippen LogP contribution in [0.3, 0.4) is 0 Å². The Morgan fingerprint density at radius 2 is 2.50 bits per heavy atom. The van der Waals surface area contributed by atoms with E-state index in [1.54, 1.807) is 22.2 Å². The number of thiophene rings is 1.